The second-order valence-electron chi connectivity index (χ2n) is 16.9. The van der Waals surface area contributed by atoms with Gasteiger partial charge in [0, 0.05) is 21.7 Å². The number of aldehydes is 1. The maximum atomic E-state index is 13.2. The smallest absolute Gasteiger partial charge is 0.446 e. The van der Waals surface area contributed by atoms with Crippen LogP contribution in [0, 0.1) is 45.9 Å². The summed E-state index contributed by atoms with van der Waals surface area (Å²) < 4.78 is 97.7. The number of benzene rings is 4. The molecule has 0 bridgehead atoms. The number of aliphatic carboxylic acids is 1. The van der Waals surface area contributed by atoms with Crippen molar-refractivity contribution in [1.29, 1.82) is 10.5 Å². The number of carboxylic acid groups (broad SMARTS) is 1. The van der Waals surface area contributed by atoms with Crippen LogP contribution < -0.4 is 5.73 Å². The van der Waals surface area contributed by atoms with Gasteiger partial charge in [-0.3, -0.25) is 33.5 Å². The predicted octanol–water partition coefficient (Wildman–Crippen LogP) is 8.87. The minimum Gasteiger partial charge on any atom is -0.480 e. The van der Waals surface area contributed by atoms with Gasteiger partial charge in [-0.25, -0.2) is 22.4 Å². The molecule has 0 radical (unpaired) electrons. The molecule has 4 heterocycles. The predicted molar refractivity (Wildman–Crippen MR) is 249 cm³/mol. The zero-order chi connectivity index (χ0) is 54.7. The van der Waals surface area contributed by atoms with Gasteiger partial charge in [0.2, 0.25) is 6.29 Å². The Morgan fingerprint density at radius 3 is 1.73 bits per heavy atom. The van der Waals surface area contributed by atoms with Gasteiger partial charge in [-0.05, 0) is 130 Å². The largest absolute Gasteiger partial charge is 0.480 e. The van der Waals surface area contributed by atoms with Crippen LogP contribution in [0.5, 0.6) is 0 Å². The Bertz CT molecular complexity index is 3360. The van der Waals surface area contributed by atoms with Crippen molar-refractivity contribution < 1.29 is 69.3 Å². The minimum absolute atomic E-state index is 0.0862. The van der Waals surface area contributed by atoms with E-state index in [1.807, 2.05) is 12.1 Å². The highest BCUT2D eigenvalue weighted by Crippen LogP contribution is 2.26. The van der Waals surface area contributed by atoms with Crippen LogP contribution in [0.2, 0.25) is 0 Å². The molecule has 3 aromatic heterocycles. The number of carboxylic acids is 1. The number of esters is 1. The number of carbonyl (C=O) groups is 5. The van der Waals surface area contributed by atoms with Crippen molar-refractivity contribution in [3.63, 3.8) is 0 Å². The molecule has 0 saturated heterocycles. The summed E-state index contributed by atoms with van der Waals surface area (Å²) in [7, 11) is 0. The topological polar surface area (TPSA) is 263 Å². The van der Waals surface area contributed by atoms with E-state index in [1.54, 1.807) is 47.6 Å². The molecule has 4 aromatic carbocycles. The van der Waals surface area contributed by atoms with Crippen molar-refractivity contribution >= 4 is 84.6 Å². The van der Waals surface area contributed by atoms with E-state index in [9.17, 15) is 49.9 Å². The number of halogens is 8. The number of aromatic nitrogens is 6. The average Bonchev–Trinajstić information content (AvgIpc) is 4.04. The van der Waals surface area contributed by atoms with Crippen molar-refractivity contribution in [2.24, 2.45) is 10.7 Å². The van der Waals surface area contributed by atoms with Gasteiger partial charge in [0.15, 0.2) is 11.4 Å². The lowest BCUT2D eigenvalue weighted by Gasteiger charge is -2.19. The molecule has 382 valence electrons. The minimum atomic E-state index is -4.64. The Morgan fingerprint density at radius 2 is 1.22 bits per heavy atom. The molecule has 18 nitrogen and oxygen atoms in total. The summed E-state index contributed by atoms with van der Waals surface area (Å²) in [6.45, 7) is 10.6. The second-order valence-corrected chi connectivity index (χ2v) is 17.6. The number of aliphatic imine (C=N–C) groups is 1. The highest BCUT2D eigenvalue weighted by atomic mass is 79.9. The molecular weight excluding hydrogens is 1050 g/mol. The van der Waals surface area contributed by atoms with Crippen molar-refractivity contribution in [2.45, 2.75) is 78.6 Å². The number of fused-ring (bicyclic) bond motifs is 4. The second kappa shape index (κ2) is 23.6. The van der Waals surface area contributed by atoms with Gasteiger partial charge in [0.1, 0.15) is 70.0 Å². The molecule has 0 fully saturated rings. The first-order valence-corrected chi connectivity index (χ1v) is 21.5. The van der Waals surface area contributed by atoms with E-state index in [4.69, 9.17) is 35.6 Å². The standard InChI is InChI=1S/C14H14FN3O2.C12H12BrFN2O2.C10H8FN3O3.C9H5FN2.C2HF3O/c1-14(2,3)20-13(19)8-18-12-5-4-9(15)6-10(12)11(7-16)17-18;1-12(2,3)18-11(17)16-9-5-4-7(14)6-8(9)10(13)15-16;11-5-1-2-7-6(3-5)9(10(12)17)13-14(7)4-8(15)16;10-7-2-1-6-5-12-9(4-11)8(6)3-7;3-2(4,5)1-6/h4-6H,8H2,1-3H3;4-6H,1-3H3;1-3H,4H2,(H2,12,17)(H,15,16);1-3H,5H2;1H. The number of ether oxygens (including phenoxy) is 2. The van der Waals surface area contributed by atoms with E-state index >= 15 is 0 Å². The molecule has 3 N–H and O–H groups in total. The fraction of sp³-hybridized carbons (Fsp3) is 0.255. The molecule has 0 unspecified atom stereocenters. The molecule has 7 aromatic rings. The van der Waals surface area contributed by atoms with Gasteiger partial charge < -0.3 is 20.3 Å². The molecule has 1 aliphatic rings. The fourth-order valence-corrected chi connectivity index (χ4v) is 6.66. The highest BCUT2D eigenvalue weighted by Gasteiger charge is 2.25. The molecule has 26 heteroatoms. The molecule has 0 saturated carbocycles. The van der Waals surface area contributed by atoms with Crippen LogP contribution in [0.4, 0.5) is 35.5 Å². The van der Waals surface area contributed by atoms with Gasteiger partial charge in [0.05, 0.1) is 23.1 Å². The summed E-state index contributed by atoms with van der Waals surface area (Å²) in [5, 5.41) is 39.2. The maximum Gasteiger partial charge on any atom is 0.446 e. The van der Waals surface area contributed by atoms with Crippen LogP contribution in [-0.2, 0) is 43.5 Å². The third-order valence-corrected chi connectivity index (χ3v) is 9.47. The normalized spacial score (nSPS) is 11.6. The van der Waals surface area contributed by atoms with Crippen LogP contribution in [0.1, 0.15) is 68.9 Å². The zero-order valence-electron chi connectivity index (χ0n) is 39.1. The molecule has 8 rings (SSSR count). The lowest BCUT2D eigenvalue weighted by Crippen LogP contribution is -2.27. The first kappa shape index (κ1) is 57.1. The summed E-state index contributed by atoms with van der Waals surface area (Å²) >= 11 is 3.19. The molecule has 73 heavy (non-hydrogen) atoms. The number of amides is 1. The third kappa shape index (κ3) is 16.3. The number of hydrogen-bond acceptors (Lipinski definition) is 13. The summed E-state index contributed by atoms with van der Waals surface area (Å²) in [5.74, 6) is -4.11. The monoisotopic (exact) mass is 1080 g/mol. The number of nitriles is 2. The molecule has 0 atom stereocenters. The van der Waals surface area contributed by atoms with Gasteiger partial charge in [-0.1, -0.05) is 6.07 Å². The molecule has 0 spiro atoms. The first-order valence-electron chi connectivity index (χ1n) is 20.7. The van der Waals surface area contributed by atoms with E-state index < -0.39 is 65.8 Å². The number of carbonyl (C=O) groups excluding carboxylic acids is 4. The fourth-order valence-electron chi connectivity index (χ4n) is 6.18. The maximum absolute atomic E-state index is 13.2. The van der Waals surface area contributed by atoms with E-state index in [-0.39, 0.29) is 35.0 Å². The Kier molecular flexibility index (Phi) is 18.4. The number of nitrogens with zero attached hydrogens (tertiary/aromatic N) is 9. The molecule has 1 aliphatic heterocycles. The molecular formula is C47H40BrF7N10O8. The Balaban J connectivity index is 0.000000205. The van der Waals surface area contributed by atoms with Crippen LogP contribution >= 0.6 is 15.9 Å². The number of nitrogens with two attached hydrogens (primary N) is 1. The Labute approximate surface area is 417 Å². The summed E-state index contributed by atoms with van der Waals surface area (Å²) in [6, 6.07) is 19.9. The number of hydrogen-bond donors (Lipinski definition) is 2. The van der Waals surface area contributed by atoms with Crippen LogP contribution in [-0.4, -0.2) is 87.8 Å². The number of rotatable bonds is 5. The molecule has 1 amide bonds. The van der Waals surface area contributed by atoms with E-state index in [2.05, 4.69) is 36.2 Å². The highest BCUT2D eigenvalue weighted by molar-refractivity contribution is 9.10. The van der Waals surface area contributed by atoms with Crippen molar-refractivity contribution in [3.05, 3.63) is 123 Å². The zero-order valence-corrected chi connectivity index (χ0v) is 40.6. The number of primary amides is 1. The van der Waals surface area contributed by atoms with Crippen molar-refractivity contribution in [1.82, 2.24) is 29.3 Å². The van der Waals surface area contributed by atoms with Gasteiger partial charge in [-0.15, -0.1) is 0 Å². The summed E-state index contributed by atoms with van der Waals surface area (Å²) in [6.07, 6.45) is -6.29. The average molecular weight is 1090 g/mol. The van der Waals surface area contributed by atoms with E-state index in [0.29, 0.717) is 49.7 Å². The lowest BCUT2D eigenvalue weighted by atomic mass is 10.1. The summed E-state index contributed by atoms with van der Waals surface area (Å²) in [5.41, 5.74) is 7.10. The Morgan fingerprint density at radius 1 is 0.726 bits per heavy atom. The van der Waals surface area contributed by atoms with Crippen molar-refractivity contribution in [2.75, 3.05) is 0 Å². The quantitative estimate of drug-likeness (QED) is 0.0928. The van der Waals surface area contributed by atoms with Gasteiger partial charge >= 0.3 is 24.2 Å². The van der Waals surface area contributed by atoms with Crippen LogP contribution in [0.15, 0.2) is 82.4 Å². The first-order chi connectivity index (χ1) is 33.9. The Hall–Kier alpha value is -8.52. The molecule has 0 aliphatic carbocycles. The van der Waals surface area contributed by atoms with E-state index in [1.165, 1.54) is 59.3 Å². The SMILES string of the molecule is CC(C)(C)OC(=O)Cn1nc(C#N)c2cc(F)ccc21.CC(C)(C)OC(=O)n1nc(Br)c2cc(F)ccc21.N#CC1=NCc2ccc(F)cc21.NC(=O)c1nn(CC(=O)O)c2ccc(F)cc12.O=CC(F)(F)F. The lowest BCUT2D eigenvalue weighted by molar-refractivity contribution is -0.156. The third-order valence-electron chi connectivity index (χ3n) is 8.89. The van der Waals surface area contributed by atoms with Gasteiger partial charge in [-0.2, -0.15) is 43.7 Å². The van der Waals surface area contributed by atoms with Crippen molar-refractivity contribution in [3.8, 4) is 12.1 Å². The van der Waals surface area contributed by atoms with Crippen LogP contribution in [0.3, 0.4) is 0 Å². The van der Waals surface area contributed by atoms with E-state index in [0.717, 1.165) is 27.1 Å². The van der Waals surface area contributed by atoms with Crippen LogP contribution in [0.25, 0.3) is 32.7 Å². The number of alkyl halides is 3. The summed E-state index contributed by atoms with van der Waals surface area (Å²) in [4.78, 5) is 58.1. The van der Waals surface area contributed by atoms with Gasteiger partial charge in [0.25, 0.3) is 5.91 Å².